The monoisotopic (exact) mass is 287 g/mol. The maximum Gasteiger partial charge on any atom is 0.0236 e. The molecule has 0 fully saturated rings. The molecule has 0 saturated carbocycles. The minimum absolute atomic E-state index is 1.10. The van der Waals surface area contributed by atoms with Crippen molar-refractivity contribution in [2.75, 3.05) is 13.1 Å². The molecule has 0 saturated heterocycles. The summed E-state index contributed by atoms with van der Waals surface area (Å²) >= 11 is 0. The van der Waals surface area contributed by atoms with Gasteiger partial charge in [0.05, 0.1) is 0 Å². The Morgan fingerprint density at radius 1 is 0.773 bits per heavy atom. The molecule has 0 unspecified atom stereocenters. The molecule has 0 N–H and O–H groups in total. The van der Waals surface area contributed by atoms with Gasteiger partial charge in [-0.25, -0.2) is 0 Å². The molecule has 22 heavy (non-hydrogen) atoms. The molecule has 0 bridgehead atoms. The Labute approximate surface area is 132 Å². The lowest BCUT2D eigenvalue weighted by atomic mass is 9.98. The molecule has 110 valence electrons. The molecule has 0 radical (unpaired) electrons. The third-order valence-corrected chi connectivity index (χ3v) is 4.79. The molecule has 1 heteroatoms. The third kappa shape index (κ3) is 2.65. The van der Waals surface area contributed by atoms with E-state index in [1.165, 1.54) is 40.4 Å². The van der Waals surface area contributed by atoms with E-state index < -0.39 is 0 Å². The van der Waals surface area contributed by atoms with Gasteiger partial charge in [-0.15, -0.1) is 0 Å². The standard InChI is InChI=1S/C21H21N/c1-2-8-20-16-22(14-12-17(20)6-1)15-13-19-10-5-9-18-7-3-4-11-21(18)19/h1-11H,12-16H2. The molecular formula is C21H21N. The average molecular weight is 287 g/mol. The van der Waals surface area contributed by atoms with Crippen molar-refractivity contribution in [3.8, 4) is 0 Å². The second-order valence-electron chi connectivity index (χ2n) is 6.18. The molecule has 1 aliphatic rings. The van der Waals surface area contributed by atoms with Gasteiger partial charge in [0, 0.05) is 19.6 Å². The van der Waals surface area contributed by atoms with E-state index in [4.69, 9.17) is 0 Å². The summed E-state index contributed by atoms with van der Waals surface area (Å²) in [5, 5.41) is 2.76. The second kappa shape index (κ2) is 5.94. The van der Waals surface area contributed by atoms with Gasteiger partial charge in [0.1, 0.15) is 0 Å². The van der Waals surface area contributed by atoms with Gasteiger partial charge in [0.25, 0.3) is 0 Å². The van der Waals surface area contributed by atoms with Crippen molar-refractivity contribution in [2.24, 2.45) is 0 Å². The Hall–Kier alpha value is -2.12. The third-order valence-electron chi connectivity index (χ3n) is 4.79. The van der Waals surface area contributed by atoms with Crippen LogP contribution in [-0.2, 0) is 19.4 Å². The Bertz CT molecular complexity index is 785. The number of hydrogen-bond acceptors (Lipinski definition) is 1. The van der Waals surface area contributed by atoms with E-state index in [1.807, 2.05) is 0 Å². The highest BCUT2D eigenvalue weighted by atomic mass is 15.1. The molecule has 0 aromatic heterocycles. The van der Waals surface area contributed by atoms with E-state index >= 15 is 0 Å². The number of fused-ring (bicyclic) bond motifs is 2. The topological polar surface area (TPSA) is 3.24 Å². The van der Waals surface area contributed by atoms with Crippen molar-refractivity contribution in [3.05, 3.63) is 83.4 Å². The summed E-state index contributed by atoms with van der Waals surface area (Å²) in [5.41, 5.74) is 4.51. The minimum atomic E-state index is 1.10. The van der Waals surface area contributed by atoms with Crippen molar-refractivity contribution < 1.29 is 0 Å². The number of rotatable bonds is 3. The van der Waals surface area contributed by atoms with Crippen molar-refractivity contribution >= 4 is 10.8 Å². The number of benzene rings is 3. The van der Waals surface area contributed by atoms with Gasteiger partial charge in [0.15, 0.2) is 0 Å². The fourth-order valence-corrected chi connectivity index (χ4v) is 3.53. The van der Waals surface area contributed by atoms with E-state index in [1.54, 1.807) is 0 Å². The summed E-state index contributed by atoms with van der Waals surface area (Å²) < 4.78 is 0. The normalized spacial score (nSPS) is 14.9. The maximum atomic E-state index is 2.59. The van der Waals surface area contributed by atoms with Gasteiger partial charge in [-0.1, -0.05) is 66.7 Å². The molecule has 0 aliphatic carbocycles. The van der Waals surface area contributed by atoms with Crippen LogP contribution in [0.25, 0.3) is 10.8 Å². The van der Waals surface area contributed by atoms with Crippen LogP contribution in [0.2, 0.25) is 0 Å². The molecule has 0 spiro atoms. The van der Waals surface area contributed by atoms with Crippen molar-refractivity contribution in [1.82, 2.24) is 4.90 Å². The molecule has 3 aromatic carbocycles. The number of hydrogen-bond donors (Lipinski definition) is 0. The van der Waals surface area contributed by atoms with Gasteiger partial charge < -0.3 is 0 Å². The lowest BCUT2D eigenvalue weighted by molar-refractivity contribution is 0.257. The molecule has 0 amide bonds. The molecule has 1 aliphatic heterocycles. The van der Waals surface area contributed by atoms with E-state index in [-0.39, 0.29) is 0 Å². The van der Waals surface area contributed by atoms with Crippen LogP contribution in [0.3, 0.4) is 0 Å². The number of nitrogens with zero attached hydrogens (tertiary/aromatic N) is 1. The first kappa shape index (κ1) is 13.5. The fraction of sp³-hybridized carbons (Fsp3) is 0.238. The molecule has 3 aromatic rings. The van der Waals surface area contributed by atoms with Crippen LogP contribution in [0.1, 0.15) is 16.7 Å². The first-order chi connectivity index (χ1) is 10.9. The zero-order valence-electron chi connectivity index (χ0n) is 12.8. The van der Waals surface area contributed by atoms with E-state index in [9.17, 15) is 0 Å². The predicted molar refractivity (Wildman–Crippen MR) is 93.1 cm³/mol. The Morgan fingerprint density at radius 3 is 2.50 bits per heavy atom. The Kier molecular flexibility index (Phi) is 3.65. The van der Waals surface area contributed by atoms with E-state index in [0.717, 1.165) is 19.5 Å². The molecule has 1 heterocycles. The van der Waals surface area contributed by atoms with Crippen molar-refractivity contribution in [2.45, 2.75) is 19.4 Å². The van der Waals surface area contributed by atoms with Crippen LogP contribution in [0.15, 0.2) is 66.7 Å². The van der Waals surface area contributed by atoms with Gasteiger partial charge in [-0.05, 0) is 40.3 Å². The highest BCUT2D eigenvalue weighted by molar-refractivity contribution is 5.85. The summed E-state index contributed by atoms with van der Waals surface area (Å²) in [6, 6.07) is 24.2. The van der Waals surface area contributed by atoms with Crippen molar-refractivity contribution in [3.63, 3.8) is 0 Å². The molecule has 4 rings (SSSR count). The molecular weight excluding hydrogens is 266 g/mol. The SMILES string of the molecule is c1ccc2c(c1)CCN(CCc1cccc3ccccc13)C2. The summed E-state index contributed by atoms with van der Waals surface area (Å²) in [4.78, 5) is 2.59. The largest absolute Gasteiger partial charge is 0.298 e. The molecule has 0 atom stereocenters. The van der Waals surface area contributed by atoms with Crippen LogP contribution in [-0.4, -0.2) is 18.0 Å². The summed E-state index contributed by atoms with van der Waals surface area (Å²) in [6.07, 6.45) is 2.31. The summed E-state index contributed by atoms with van der Waals surface area (Å²) in [7, 11) is 0. The lowest BCUT2D eigenvalue weighted by Gasteiger charge is -2.28. The minimum Gasteiger partial charge on any atom is -0.298 e. The smallest absolute Gasteiger partial charge is 0.0236 e. The fourth-order valence-electron chi connectivity index (χ4n) is 3.53. The van der Waals surface area contributed by atoms with Crippen LogP contribution in [0, 0.1) is 0 Å². The Morgan fingerprint density at radius 2 is 1.55 bits per heavy atom. The average Bonchev–Trinajstić information content (AvgIpc) is 2.60. The zero-order chi connectivity index (χ0) is 14.8. The first-order valence-corrected chi connectivity index (χ1v) is 8.16. The highest BCUT2D eigenvalue weighted by Crippen LogP contribution is 2.21. The van der Waals surface area contributed by atoms with Crippen LogP contribution in [0.4, 0.5) is 0 Å². The molecule has 1 nitrogen and oxygen atoms in total. The van der Waals surface area contributed by atoms with Crippen LogP contribution in [0.5, 0.6) is 0 Å². The summed E-state index contributed by atoms with van der Waals surface area (Å²) in [6.45, 7) is 3.42. The van der Waals surface area contributed by atoms with Gasteiger partial charge in [0.2, 0.25) is 0 Å². The first-order valence-electron chi connectivity index (χ1n) is 8.16. The van der Waals surface area contributed by atoms with Crippen molar-refractivity contribution in [1.29, 1.82) is 0 Å². The van der Waals surface area contributed by atoms with Crippen LogP contribution >= 0.6 is 0 Å². The zero-order valence-corrected chi connectivity index (χ0v) is 12.8. The second-order valence-corrected chi connectivity index (χ2v) is 6.18. The van der Waals surface area contributed by atoms with E-state index in [2.05, 4.69) is 71.6 Å². The Balaban J connectivity index is 1.49. The van der Waals surface area contributed by atoms with Gasteiger partial charge in [-0.2, -0.15) is 0 Å². The lowest BCUT2D eigenvalue weighted by Crippen LogP contribution is -2.32. The maximum absolute atomic E-state index is 2.59. The van der Waals surface area contributed by atoms with E-state index in [0.29, 0.717) is 0 Å². The summed E-state index contributed by atoms with van der Waals surface area (Å²) in [5.74, 6) is 0. The van der Waals surface area contributed by atoms with Gasteiger partial charge in [-0.3, -0.25) is 4.90 Å². The highest BCUT2D eigenvalue weighted by Gasteiger charge is 2.15. The predicted octanol–water partition coefficient (Wildman–Crippen LogP) is 4.44. The quantitative estimate of drug-likeness (QED) is 0.688. The van der Waals surface area contributed by atoms with Crippen LogP contribution < -0.4 is 0 Å². The van der Waals surface area contributed by atoms with Gasteiger partial charge >= 0.3 is 0 Å².